The summed E-state index contributed by atoms with van der Waals surface area (Å²) in [5, 5.41) is 14.4. The van der Waals surface area contributed by atoms with Crippen LogP contribution in [0.5, 0.6) is 0 Å². The van der Waals surface area contributed by atoms with Gasteiger partial charge in [-0.15, -0.1) is 10.1 Å². The molecule has 0 spiro atoms. The smallest absolute Gasteiger partial charge is 0.305 e. The monoisotopic (exact) mass is 456 g/mol. The second kappa shape index (κ2) is 9.33. The molecule has 3 aromatic heterocycles. The number of hydrogen-bond acceptors (Lipinski definition) is 12. The zero-order chi connectivity index (χ0) is 23.4. The first-order valence-electron chi connectivity index (χ1n) is 9.98. The zero-order valence-electron chi connectivity index (χ0n) is 17.3. The number of carbonyl (C=O) groups is 1. The van der Waals surface area contributed by atoms with Crippen LogP contribution in [-0.2, 0) is 20.9 Å². The van der Waals surface area contributed by atoms with E-state index < -0.39 is 11.1 Å². The number of anilines is 2. The van der Waals surface area contributed by atoms with Crippen LogP contribution in [0.3, 0.4) is 0 Å². The van der Waals surface area contributed by atoms with Crippen molar-refractivity contribution < 1.29 is 23.9 Å². The highest BCUT2D eigenvalue weighted by atomic mass is 16.9. The first-order chi connectivity index (χ1) is 15.9. The molecule has 0 aliphatic rings. The maximum Gasteiger partial charge on any atom is 0.305 e. The molecule has 4 N–H and O–H groups in total. The van der Waals surface area contributed by atoms with Gasteiger partial charge in [0.2, 0.25) is 0 Å². The molecule has 0 fully saturated rings. The van der Waals surface area contributed by atoms with Gasteiger partial charge in [-0.05, 0) is 24.6 Å². The van der Waals surface area contributed by atoms with Crippen molar-refractivity contribution in [2.75, 3.05) is 24.7 Å². The zero-order valence-corrected chi connectivity index (χ0v) is 17.3. The molecular formula is C19H20N8O6. The number of rotatable bonds is 10. The molecule has 0 unspecified atom stereocenters. The van der Waals surface area contributed by atoms with Gasteiger partial charge in [-0.3, -0.25) is 4.79 Å². The van der Waals surface area contributed by atoms with Gasteiger partial charge in [-0.1, -0.05) is 0 Å². The van der Waals surface area contributed by atoms with E-state index in [1.165, 1.54) is 6.33 Å². The third kappa shape index (κ3) is 4.89. The highest BCUT2D eigenvalue weighted by molar-refractivity contribution is 5.99. The van der Waals surface area contributed by atoms with E-state index >= 15 is 0 Å². The van der Waals surface area contributed by atoms with Gasteiger partial charge in [-0.25, -0.2) is 14.6 Å². The topological polar surface area (TPSA) is 200 Å². The lowest BCUT2D eigenvalue weighted by atomic mass is 10.1. The molecular weight excluding hydrogens is 436 g/mol. The molecule has 33 heavy (non-hydrogen) atoms. The van der Waals surface area contributed by atoms with Crippen molar-refractivity contribution in [1.82, 2.24) is 24.7 Å². The number of oxazole rings is 1. The summed E-state index contributed by atoms with van der Waals surface area (Å²) in [6.07, 6.45) is 2.15. The van der Waals surface area contributed by atoms with Gasteiger partial charge >= 0.3 is 5.97 Å². The van der Waals surface area contributed by atoms with E-state index in [0.717, 1.165) is 5.56 Å². The van der Waals surface area contributed by atoms with Crippen LogP contribution < -0.4 is 11.5 Å². The van der Waals surface area contributed by atoms with Crippen molar-refractivity contribution >= 4 is 39.9 Å². The van der Waals surface area contributed by atoms with Crippen molar-refractivity contribution in [2.24, 2.45) is 0 Å². The fourth-order valence-corrected chi connectivity index (χ4v) is 3.31. The average molecular weight is 456 g/mol. The number of nitrogens with zero attached hydrogens (tertiary/aromatic N) is 6. The van der Waals surface area contributed by atoms with Crippen LogP contribution in [0.15, 0.2) is 28.9 Å². The minimum Gasteiger partial charge on any atom is -0.466 e. The fourth-order valence-electron chi connectivity index (χ4n) is 3.31. The van der Waals surface area contributed by atoms with E-state index in [4.69, 9.17) is 20.6 Å². The summed E-state index contributed by atoms with van der Waals surface area (Å²) in [6.45, 7) is 0.294. The number of ether oxygens (including phenoxy) is 1. The fraction of sp³-hybridized carbons (Fsp3) is 0.316. The Balaban J connectivity index is 1.46. The highest BCUT2D eigenvalue weighted by Gasteiger charge is 2.18. The van der Waals surface area contributed by atoms with E-state index in [1.54, 1.807) is 16.8 Å². The summed E-state index contributed by atoms with van der Waals surface area (Å²) in [7, 11) is 0. The quantitative estimate of drug-likeness (QED) is 0.152. The minimum atomic E-state index is -0.889. The Hall–Kier alpha value is -4.49. The molecule has 0 aliphatic heterocycles. The molecule has 172 valence electrons. The van der Waals surface area contributed by atoms with Crippen LogP contribution in [0.4, 0.5) is 11.8 Å². The first-order valence-corrected chi connectivity index (χ1v) is 9.98. The molecule has 14 nitrogen and oxygen atoms in total. The first kappa shape index (κ1) is 21.7. The Morgan fingerprint density at radius 2 is 2.06 bits per heavy atom. The van der Waals surface area contributed by atoms with Gasteiger partial charge in [-0.2, -0.15) is 10.1 Å². The molecule has 4 aromatic rings. The number of aryl methyl sites for hydroxylation is 1. The molecule has 0 bridgehead atoms. The van der Waals surface area contributed by atoms with Crippen molar-refractivity contribution in [3.05, 3.63) is 34.6 Å². The lowest BCUT2D eigenvalue weighted by Gasteiger charge is -2.05. The number of hydrogen-bond donors (Lipinski definition) is 2. The summed E-state index contributed by atoms with van der Waals surface area (Å²) in [6, 6.07) is 5.41. The number of aromatic nitrogens is 5. The van der Waals surface area contributed by atoms with Crippen LogP contribution in [0.1, 0.15) is 19.3 Å². The van der Waals surface area contributed by atoms with E-state index in [0.29, 0.717) is 40.8 Å². The van der Waals surface area contributed by atoms with Crippen LogP contribution in [0.25, 0.3) is 33.4 Å². The van der Waals surface area contributed by atoms with Crippen molar-refractivity contribution in [3.63, 3.8) is 0 Å². The van der Waals surface area contributed by atoms with Crippen molar-refractivity contribution in [1.29, 1.82) is 0 Å². The predicted molar refractivity (Wildman–Crippen MR) is 115 cm³/mol. The molecule has 14 heteroatoms. The Kier molecular flexibility index (Phi) is 6.15. The van der Waals surface area contributed by atoms with Gasteiger partial charge in [0.15, 0.2) is 11.2 Å². The van der Waals surface area contributed by atoms with Crippen LogP contribution in [-0.4, -0.2) is 49.0 Å². The van der Waals surface area contributed by atoms with E-state index in [-0.39, 0.29) is 37.9 Å². The van der Waals surface area contributed by atoms with E-state index in [2.05, 4.69) is 24.9 Å². The Labute approximate surface area is 185 Å². The number of esters is 1. The van der Waals surface area contributed by atoms with Gasteiger partial charge in [0.25, 0.3) is 11.1 Å². The van der Waals surface area contributed by atoms with Crippen LogP contribution >= 0.6 is 0 Å². The van der Waals surface area contributed by atoms with Gasteiger partial charge in [0, 0.05) is 24.9 Å². The maximum absolute atomic E-state index is 11.9. The van der Waals surface area contributed by atoms with Gasteiger partial charge in [0.05, 0.1) is 18.6 Å². The van der Waals surface area contributed by atoms with Gasteiger partial charge in [0.1, 0.15) is 23.4 Å². The van der Waals surface area contributed by atoms with E-state index in [1.807, 2.05) is 6.07 Å². The maximum atomic E-state index is 11.9. The van der Waals surface area contributed by atoms with Crippen LogP contribution in [0, 0.1) is 10.1 Å². The summed E-state index contributed by atoms with van der Waals surface area (Å²) < 4.78 is 12.0. The van der Waals surface area contributed by atoms with Crippen molar-refractivity contribution in [3.8, 4) is 11.3 Å². The summed E-state index contributed by atoms with van der Waals surface area (Å²) in [5.41, 5.74) is 14.7. The van der Waals surface area contributed by atoms with Crippen LogP contribution in [0.2, 0.25) is 0 Å². The molecule has 0 saturated carbocycles. The lowest BCUT2D eigenvalue weighted by molar-refractivity contribution is -0.757. The summed E-state index contributed by atoms with van der Waals surface area (Å²) >= 11 is 0. The normalized spacial score (nSPS) is 11.2. The lowest BCUT2D eigenvalue weighted by Crippen LogP contribution is -2.11. The number of benzene rings is 1. The number of nitrogen functional groups attached to an aromatic ring is 2. The number of fused-ring (bicyclic) bond motifs is 2. The van der Waals surface area contributed by atoms with Crippen molar-refractivity contribution in [2.45, 2.75) is 25.8 Å². The molecule has 0 aliphatic carbocycles. The Morgan fingerprint density at radius 3 is 2.88 bits per heavy atom. The largest absolute Gasteiger partial charge is 0.466 e. The second-order valence-corrected chi connectivity index (χ2v) is 7.00. The SMILES string of the molecule is Nc1nc2cc(-c3nn(CCCC(=O)OCCCO[N+](=O)[O-])c4ncnc(N)c34)ccc2o1. The standard InChI is InChI=1S/C19H20N8O6/c20-17-15-16(11-4-5-13-12(9-11)24-19(21)33-13)25-26(18(15)23-10-22-17)6-1-3-14(28)31-7-2-8-32-27(29)30/h4-5,9-10H,1-3,6-8H2,(H2,21,24)(H2,20,22,23). The van der Waals surface area contributed by atoms with E-state index in [9.17, 15) is 14.9 Å². The molecule has 3 heterocycles. The predicted octanol–water partition coefficient (Wildman–Crippen LogP) is 1.72. The average Bonchev–Trinajstić information content (AvgIpc) is 3.33. The highest BCUT2D eigenvalue weighted by Crippen LogP contribution is 2.32. The molecule has 4 rings (SSSR count). The number of carbonyl (C=O) groups excluding carboxylic acids is 1. The third-order valence-electron chi connectivity index (χ3n) is 4.74. The molecule has 1 aromatic carbocycles. The molecule has 0 radical (unpaired) electrons. The van der Waals surface area contributed by atoms with Gasteiger partial charge < -0.3 is 25.5 Å². The second-order valence-electron chi connectivity index (χ2n) is 7.00. The minimum absolute atomic E-state index is 0.0420. The number of nitrogens with two attached hydrogens (primary N) is 2. The third-order valence-corrected chi connectivity index (χ3v) is 4.74. The Morgan fingerprint density at radius 1 is 1.21 bits per heavy atom. The molecule has 0 saturated heterocycles. The Bertz CT molecular complexity index is 1320. The molecule has 0 amide bonds. The summed E-state index contributed by atoms with van der Waals surface area (Å²) in [4.78, 5) is 38.7. The molecule has 0 atom stereocenters. The summed E-state index contributed by atoms with van der Waals surface area (Å²) in [5.74, 6) is -0.145.